The molecule has 2 aromatic rings. The topological polar surface area (TPSA) is 51.6 Å². The monoisotopic (exact) mass is 274 g/mol. The molecule has 0 aliphatic carbocycles. The highest BCUT2D eigenvalue weighted by molar-refractivity contribution is 5.09. The predicted octanol–water partition coefficient (Wildman–Crippen LogP) is 4.23. The van der Waals surface area contributed by atoms with Gasteiger partial charge in [0.2, 0.25) is 0 Å². The summed E-state index contributed by atoms with van der Waals surface area (Å²) in [6, 6.07) is 5.87. The van der Waals surface area contributed by atoms with Gasteiger partial charge in [-0.25, -0.2) is 0 Å². The van der Waals surface area contributed by atoms with Crippen LogP contribution in [-0.4, -0.2) is 20.4 Å². The normalized spacial score (nSPS) is 9.40. The average Bonchev–Trinajstić information content (AvgIpc) is 2.51. The molecule has 2 aromatic heterocycles. The Hall–Kier alpha value is -1.84. The van der Waals surface area contributed by atoms with E-state index in [0.29, 0.717) is 11.8 Å². The van der Waals surface area contributed by atoms with Crippen molar-refractivity contribution in [1.82, 2.24) is 20.4 Å². The fourth-order valence-corrected chi connectivity index (χ4v) is 1.26. The summed E-state index contributed by atoms with van der Waals surface area (Å²) in [5.41, 5.74) is 2.29. The summed E-state index contributed by atoms with van der Waals surface area (Å²) in [7, 11) is 0. The molecule has 0 N–H and O–H groups in total. The summed E-state index contributed by atoms with van der Waals surface area (Å²) in [5.74, 6) is 1.04. The Bertz CT molecular complexity index is 383. The smallest absolute Gasteiger partial charge is 0.0656 e. The van der Waals surface area contributed by atoms with Gasteiger partial charge in [-0.2, -0.15) is 20.4 Å². The number of hydrogen-bond donors (Lipinski definition) is 0. The molecule has 0 atom stereocenters. The van der Waals surface area contributed by atoms with Crippen molar-refractivity contribution in [2.24, 2.45) is 0 Å². The lowest BCUT2D eigenvalue weighted by Gasteiger charge is -2.00. The molecular formula is C16H26N4. The zero-order valence-electron chi connectivity index (χ0n) is 13.4. The third-order valence-electron chi connectivity index (χ3n) is 2.46. The maximum Gasteiger partial charge on any atom is 0.0656 e. The van der Waals surface area contributed by atoms with E-state index in [4.69, 9.17) is 0 Å². The lowest BCUT2D eigenvalue weighted by atomic mass is 10.1. The van der Waals surface area contributed by atoms with Gasteiger partial charge in [0.1, 0.15) is 0 Å². The molecule has 20 heavy (non-hydrogen) atoms. The van der Waals surface area contributed by atoms with Crippen molar-refractivity contribution in [3.63, 3.8) is 0 Å². The number of nitrogens with zero attached hydrogens (tertiary/aromatic N) is 4. The minimum atomic E-state index is 0.485. The van der Waals surface area contributed by atoms with Gasteiger partial charge in [0.05, 0.1) is 11.9 Å². The summed E-state index contributed by atoms with van der Waals surface area (Å²) >= 11 is 0. The molecule has 2 heterocycles. The Morgan fingerprint density at radius 3 is 1.80 bits per heavy atom. The van der Waals surface area contributed by atoms with Crippen molar-refractivity contribution in [2.45, 2.75) is 53.4 Å². The van der Waals surface area contributed by atoms with Crippen molar-refractivity contribution in [3.8, 4) is 0 Å². The van der Waals surface area contributed by atoms with Crippen molar-refractivity contribution < 1.29 is 0 Å². The third kappa shape index (κ3) is 7.56. The first kappa shape index (κ1) is 18.2. The summed E-state index contributed by atoms with van der Waals surface area (Å²) in [5, 5.41) is 15.1. The van der Waals surface area contributed by atoms with Crippen molar-refractivity contribution in [2.75, 3.05) is 0 Å². The molecule has 0 aliphatic heterocycles. The van der Waals surface area contributed by atoms with E-state index < -0.39 is 0 Å². The molecule has 0 saturated carbocycles. The second kappa shape index (κ2) is 11.0. The van der Waals surface area contributed by atoms with Crippen LogP contribution in [0.3, 0.4) is 0 Å². The van der Waals surface area contributed by atoms with Gasteiger partial charge in [-0.1, -0.05) is 41.5 Å². The summed E-state index contributed by atoms with van der Waals surface area (Å²) in [6.07, 6.45) is 5.20. The third-order valence-corrected chi connectivity index (χ3v) is 2.46. The molecular weight excluding hydrogens is 248 g/mol. The number of aromatic nitrogens is 4. The van der Waals surface area contributed by atoms with Crippen LogP contribution in [0.5, 0.6) is 0 Å². The zero-order valence-corrected chi connectivity index (χ0v) is 13.4. The minimum absolute atomic E-state index is 0.485. The molecule has 0 spiro atoms. The fraction of sp³-hybridized carbons (Fsp3) is 0.500. The molecule has 0 unspecified atom stereocenters. The lowest BCUT2D eigenvalue weighted by molar-refractivity contribution is 0.785. The maximum absolute atomic E-state index is 3.93. The van der Waals surface area contributed by atoms with Gasteiger partial charge in [0, 0.05) is 12.4 Å². The van der Waals surface area contributed by atoms with Gasteiger partial charge in [0.25, 0.3) is 0 Å². The van der Waals surface area contributed by atoms with Crippen molar-refractivity contribution in [1.29, 1.82) is 0 Å². The lowest BCUT2D eigenvalue weighted by Crippen LogP contribution is -1.92. The van der Waals surface area contributed by atoms with Gasteiger partial charge in [-0.15, -0.1) is 0 Å². The standard InChI is InChI=1S/2C7H10N2.C2H6/c1-6(2)7-3-4-8-9-5-7;1-6(2)7-4-3-5-8-9-7;1-2/h2*3-6H,1-2H3;1-2H3. The Labute approximate surface area is 122 Å². The van der Waals surface area contributed by atoms with Gasteiger partial charge < -0.3 is 0 Å². The summed E-state index contributed by atoms with van der Waals surface area (Å²) in [4.78, 5) is 0. The van der Waals surface area contributed by atoms with E-state index in [1.54, 1.807) is 18.6 Å². The molecule has 4 nitrogen and oxygen atoms in total. The Morgan fingerprint density at radius 2 is 1.50 bits per heavy atom. The molecule has 0 aromatic carbocycles. The Kier molecular flexibility index (Phi) is 10.0. The van der Waals surface area contributed by atoms with Crippen LogP contribution in [0.2, 0.25) is 0 Å². The van der Waals surface area contributed by atoms with Crippen LogP contribution in [0.4, 0.5) is 0 Å². The number of rotatable bonds is 2. The Morgan fingerprint density at radius 1 is 0.800 bits per heavy atom. The van der Waals surface area contributed by atoms with Crippen LogP contribution >= 0.6 is 0 Å². The Balaban J connectivity index is 0.000000321. The van der Waals surface area contributed by atoms with Crippen LogP contribution in [0, 0.1) is 0 Å². The van der Waals surface area contributed by atoms with Crippen molar-refractivity contribution >= 4 is 0 Å². The van der Waals surface area contributed by atoms with E-state index in [-0.39, 0.29) is 0 Å². The highest BCUT2D eigenvalue weighted by atomic mass is 15.1. The van der Waals surface area contributed by atoms with E-state index in [2.05, 4.69) is 48.1 Å². The summed E-state index contributed by atoms with van der Waals surface area (Å²) < 4.78 is 0. The van der Waals surface area contributed by atoms with Crippen LogP contribution in [0.25, 0.3) is 0 Å². The van der Waals surface area contributed by atoms with E-state index in [1.165, 1.54) is 5.56 Å². The highest BCUT2D eigenvalue weighted by Crippen LogP contribution is 2.09. The van der Waals surface area contributed by atoms with E-state index >= 15 is 0 Å². The fourth-order valence-electron chi connectivity index (χ4n) is 1.26. The first-order chi connectivity index (χ1) is 9.61. The molecule has 0 fully saturated rings. The SMILES string of the molecule is CC.CC(C)c1cccnn1.CC(C)c1ccnnc1. The minimum Gasteiger partial charge on any atom is -0.159 e. The molecule has 2 rings (SSSR count). The van der Waals surface area contributed by atoms with Crippen LogP contribution in [-0.2, 0) is 0 Å². The molecule has 0 bridgehead atoms. The van der Waals surface area contributed by atoms with Gasteiger partial charge >= 0.3 is 0 Å². The second-order valence-electron chi connectivity index (χ2n) is 4.63. The van der Waals surface area contributed by atoms with Crippen LogP contribution in [0.15, 0.2) is 36.8 Å². The van der Waals surface area contributed by atoms with E-state index in [9.17, 15) is 0 Å². The molecule has 0 amide bonds. The van der Waals surface area contributed by atoms with E-state index in [0.717, 1.165) is 5.69 Å². The molecule has 4 heteroatoms. The van der Waals surface area contributed by atoms with Gasteiger partial charge in [0.15, 0.2) is 0 Å². The molecule has 0 radical (unpaired) electrons. The predicted molar refractivity (Wildman–Crippen MR) is 83.6 cm³/mol. The molecule has 0 saturated heterocycles. The second-order valence-corrected chi connectivity index (χ2v) is 4.63. The highest BCUT2D eigenvalue weighted by Gasteiger charge is 1.96. The zero-order chi connectivity index (χ0) is 15.4. The maximum atomic E-state index is 3.93. The van der Waals surface area contributed by atoms with E-state index in [1.807, 2.05) is 32.0 Å². The van der Waals surface area contributed by atoms with Crippen molar-refractivity contribution in [3.05, 3.63) is 48.0 Å². The largest absolute Gasteiger partial charge is 0.159 e. The quantitative estimate of drug-likeness (QED) is 0.822. The van der Waals surface area contributed by atoms with Gasteiger partial charge in [-0.3, -0.25) is 0 Å². The first-order valence-corrected chi connectivity index (χ1v) is 7.15. The number of hydrogen-bond acceptors (Lipinski definition) is 4. The van der Waals surface area contributed by atoms with Crippen LogP contribution < -0.4 is 0 Å². The van der Waals surface area contributed by atoms with Gasteiger partial charge in [-0.05, 0) is 35.6 Å². The van der Waals surface area contributed by atoms with Crippen LogP contribution in [0.1, 0.15) is 64.6 Å². The molecule has 0 aliphatic rings. The molecule has 110 valence electrons. The first-order valence-electron chi connectivity index (χ1n) is 7.15. The summed E-state index contributed by atoms with van der Waals surface area (Å²) in [6.45, 7) is 12.5. The average molecular weight is 274 g/mol.